The summed E-state index contributed by atoms with van der Waals surface area (Å²) in [5.41, 5.74) is 0.114. The maximum atomic E-state index is 14.0. The van der Waals surface area contributed by atoms with E-state index in [4.69, 9.17) is 16.7 Å². The Morgan fingerprint density at radius 1 is 1.30 bits per heavy atom. The maximum absolute atomic E-state index is 14.0. The zero-order valence-corrected chi connectivity index (χ0v) is 15.3. The number of aromatic carboxylic acids is 1. The molecule has 0 atom stereocenters. The predicted octanol–water partition coefficient (Wildman–Crippen LogP) is 3.07. The Balaban J connectivity index is 2.03. The Morgan fingerprint density at radius 3 is 2.67 bits per heavy atom. The van der Waals surface area contributed by atoms with E-state index in [1.54, 1.807) is 0 Å². The zero-order chi connectivity index (χ0) is 19.8. The first kappa shape index (κ1) is 18.8. The second-order valence-corrected chi connectivity index (χ2v) is 7.57. The lowest BCUT2D eigenvalue weighted by atomic mass is 10.1. The lowest BCUT2D eigenvalue weighted by Gasteiger charge is -2.13. The molecule has 8 nitrogen and oxygen atoms in total. The van der Waals surface area contributed by atoms with E-state index in [0.29, 0.717) is 5.56 Å². The first-order chi connectivity index (χ1) is 12.7. The number of H-pyrrole nitrogens is 1. The Bertz CT molecular complexity index is 1130. The van der Waals surface area contributed by atoms with E-state index in [1.807, 2.05) is 0 Å². The van der Waals surface area contributed by atoms with Crippen molar-refractivity contribution in [2.45, 2.75) is 11.8 Å². The van der Waals surface area contributed by atoms with Crippen molar-refractivity contribution < 1.29 is 22.7 Å². The fraction of sp³-hybridized carbons (Fsp3) is 0.0625. The van der Waals surface area contributed by atoms with Crippen LogP contribution in [0, 0.1) is 12.7 Å². The molecule has 0 aliphatic heterocycles. The Kier molecular flexibility index (Phi) is 4.85. The van der Waals surface area contributed by atoms with Gasteiger partial charge in [-0.05, 0) is 42.8 Å². The summed E-state index contributed by atoms with van der Waals surface area (Å²) in [6.07, 6.45) is 1.19. The number of anilines is 1. The number of aryl methyl sites for hydroxylation is 1. The van der Waals surface area contributed by atoms with Crippen molar-refractivity contribution in [2.75, 3.05) is 4.72 Å². The number of halogens is 2. The van der Waals surface area contributed by atoms with Crippen LogP contribution in [0.5, 0.6) is 0 Å². The SMILES string of the molecule is Cc1cc(C(=O)O)cc(S(=O)(=O)Nc2ccc(F)c(-c3ncn[nH]3)c2)c1Cl. The number of nitrogens with one attached hydrogen (secondary N) is 2. The largest absolute Gasteiger partial charge is 0.478 e. The first-order valence-electron chi connectivity index (χ1n) is 7.40. The number of hydrogen-bond acceptors (Lipinski definition) is 5. The van der Waals surface area contributed by atoms with Crippen LogP contribution in [0.4, 0.5) is 10.1 Å². The van der Waals surface area contributed by atoms with Crippen molar-refractivity contribution >= 4 is 33.3 Å². The monoisotopic (exact) mass is 410 g/mol. The minimum Gasteiger partial charge on any atom is -0.478 e. The van der Waals surface area contributed by atoms with Gasteiger partial charge in [-0.3, -0.25) is 9.82 Å². The van der Waals surface area contributed by atoms with Gasteiger partial charge in [0.05, 0.1) is 16.1 Å². The van der Waals surface area contributed by atoms with Crippen molar-refractivity contribution in [3.8, 4) is 11.4 Å². The van der Waals surface area contributed by atoms with Crippen LogP contribution in [0.3, 0.4) is 0 Å². The van der Waals surface area contributed by atoms with Crippen molar-refractivity contribution in [3.63, 3.8) is 0 Å². The molecule has 140 valence electrons. The number of sulfonamides is 1. The quantitative estimate of drug-likeness (QED) is 0.593. The summed E-state index contributed by atoms with van der Waals surface area (Å²) in [6, 6.07) is 5.74. The molecule has 0 unspecified atom stereocenters. The minimum atomic E-state index is -4.23. The van der Waals surface area contributed by atoms with E-state index < -0.39 is 26.7 Å². The summed E-state index contributed by atoms with van der Waals surface area (Å²) in [4.78, 5) is 14.6. The molecule has 3 aromatic rings. The van der Waals surface area contributed by atoms with Gasteiger partial charge in [0.15, 0.2) is 5.82 Å². The summed E-state index contributed by atoms with van der Waals surface area (Å²) < 4.78 is 41.7. The van der Waals surface area contributed by atoms with Crippen LogP contribution in [0.1, 0.15) is 15.9 Å². The van der Waals surface area contributed by atoms with E-state index in [9.17, 15) is 17.6 Å². The van der Waals surface area contributed by atoms with E-state index >= 15 is 0 Å². The molecule has 0 saturated carbocycles. The summed E-state index contributed by atoms with van der Waals surface area (Å²) in [5.74, 6) is -1.80. The summed E-state index contributed by atoms with van der Waals surface area (Å²) >= 11 is 6.06. The number of carboxylic acid groups (broad SMARTS) is 1. The van der Waals surface area contributed by atoms with Gasteiger partial charge in [-0.1, -0.05) is 11.6 Å². The normalized spacial score (nSPS) is 11.4. The van der Waals surface area contributed by atoms with E-state index in [2.05, 4.69) is 19.9 Å². The van der Waals surface area contributed by atoms with Crippen LogP contribution in [-0.2, 0) is 10.0 Å². The van der Waals surface area contributed by atoms with Crippen molar-refractivity contribution in [1.29, 1.82) is 0 Å². The minimum absolute atomic E-state index is 0.00858. The Morgan fingerprint density at radius 2 is 2.04 bits per heavy atom. The Labute approximate surface area is 158 Å². The lowest BCUT2D eigenvalue weighted by molar-refractivity contribution is 0.0696. The molecule has 3 rings (SSSR count). The van der Waals surface area contributed by atoms with E-state index in [1.165, 1.54) is 31.5 Å². The molecular weight excluding hydrogens is 399 g/mol. The number of carboxylic acids is 1. The maximum Gasteiger partial charge on any atom is 0.335 e. The second kappa shape index (κ2) is 6.97. The fourth-order valence-electron chi connectivity index (χ4n) is 2.37. The van der Waals surface area contributed by atoms with Gasteiger partial charge in [0, 0.05) is 5.69 Å². The smallest absolute Gasteiger partial charge is 0.335 e. The Hall–Kier alpha value is -2.98. The second-order valence-electron chi connectivity index (χ2n) is 5.54. The van der Waals surface area contributed by atoms with Crippen LogP contribution >= 0.6 is 11.6 Å². The highest BCUT2D eigenvalue weighted by Gasteiger charge is 2.23. The number of rotatable bonds is 5. The standard InChI is InChI=1S/C16H12ClFN4O4S/c1-8-4-9(16(23)24)5-13(14(8)17)27(25,26)22-10-2-3-12(18)11(6-10)15-19-7-20-21-15/h2-7,22H,1H3,(H,23,24)(H,19,20,21). The van der Waals surface area contributed by atoms with Crippen LogP contribution in [0.2, 0.25) is 5.02 Å². The predicted molar refractivity (Wildman–Crippen MR) is 95.7 cm³/mol. The topological polar surface area (TPSA) is 125 Å². The fourth-order valence-corrected chi connectivity index (χ4v) is 4.01. The van der Waals surface area contributed by atoms with E-state index in [-0.39, 0.29) is 27.7 Å². The third-order valence-corrected chi connectivity index (χ3v) is 5.67. The third-order valence-electron chi connectivity index (χ3n) is 3.65. The van der Waals surface area contributed by atoms with Gasteiger partial charge in [-0.15, -0.1) is 0 Å². The molecule has 0 fully saturated rings. The van der Waals surface area contributed by atoms with Gasteiger partial charge >= 0.3 is 5.97 Å². The molecule has 0 radical (unpaired) electrons. The van der Waals surface area contributed by atoms with Crippen LogP contribution in [-0.4, -0.2) is 34.7 Å². The third kappa shape index (κ3) is 3.76. The number of aromatic nitrogens is 3. The number of benzene rings is 2. The molecule has 0 bridgehead atoms. The number of hydrogen-bond donors (Lipinski definition) is 3. The van der Waals surface area contributed by atoms with Crippen molar-refractivity contribution in [1.82, 2.24) is 15.2 Å². The average molecular weight is 411 g/mol. The molecule has 1 heterocycles. The molecule has 0 saturated heterocycles. The molecule has 0 spiro atoms. The van der Waals surface area contributed by atoms with Crippen LogP contribution in [0.15, 0.2) is 41.6 Å². The molecule has 11 heteroatoms. The van der Waals surface area contributed by atoms with Crippen LogP contribution < -0.4 is 4.72 Å². The van der Waals surface area contributed by atoms with Crippen molar-refractivity contribution in [3.05, 3.63) is 58.6 Å². The highest BCUT2D eigenvalue weighted by Crippen LogP contribution is 2.30. The van der Waals surface area contributed by atoms with Gasteiger partial charge in [0.1, 0.15) is 17.0 Å². The van der Waals surface area contributed by atoms with Gasteiger partial charge in [0.25, 0.3) is 10.0 Å². The van der Waals surface area contributed by atoms with Crippen LogP contribution in [0.25, 0.3) is 11.4 Å². The summed E-state index contributed by atoms with van der Waals surface area (Å²) in [7, 11) is -4.23. The molecule has 3 N–H and O–H groups in total. The molecule has 0 amide bonds. The highest BCUT2D eigenvalue weighted by molar-refractivity contribution is 7.92. The molecule has 27 heavy (non-hydrogen) atoms. The van der Waals surface area contributed by atoms with Gasteiger partial charge < -0.3 is 5.11 Å². The lowest BCUT2D eigenvalue weighted by Crippen LogP contribution is -2.15. The average Bonchev–Trinajstić information content (AvgIpc) is 3.12. The molecule has 0 aliphatic rings. The van der Waals surface area contributed by atoms with Gasteiger partial charge in [-0.25, -0.2) is 22.6 Å². The van der Waals surface area contributed by atoms with Gasteiger partial charge in [-0.2, -0.15) is 5.10 Å². The highest BCUT2D eigenvalue weighted by atomic mass is 35.5. The first-order valence-corrected chi connectivity index (χ1v) is 9.26. The number of aromatic amines is 1. The summed E-state index contributed by atoms with van der Waals surface area (Å²) in [6.45, 7) is 1.49. The molecule has 2 aromatic carbocycles. The van der Waals surface area contributed by atoms with E-state index in [0.717, 1.165) is 12.1 Å². The zero-order valence-electron chi connectivity index (χ0n) is 13.7. The van der Waals surface area contributed by atoms with Gasteiger partial charge in [0.2, 0.25) is 0 Å². The number of nitrogens with zero attached hydrogens (tertiary/aromatic N) is 2. The molecule has 1 aromatic heterocycles. The molecule has 0 aliphatic carbocycles. The molecular formula is C16H12ClFN4O4S. The summed E-state index contributed by atoms with van der Waals surface area (Å²) in [5, 5.41) is 15.1. The number of carbonyl (C=O) groups is 1. The van der Waals surface area contributed by atoms with Crippen molar-refractivity contribution in [2.24, 2.45) is 0 Å².